The average molecular weight is 155 g/mol. The highest BCUT2D eigenvalue weighted by Gasteiger charge is 2.18. The van der Waals surface area contributed by atoms with Crippen molar-refractivity contribution in [2.24, 2.45) is 10.7 Å². The quantitative estimate of drug-likeness (QED) is 0.621. The Hall–Kier alpha value is -0.730. The minimum absolute atomic E-state index is 0.446. The van der Waals surface area contributed by atoms with E-state index < -0.39 is 0 Å². The molecule has 0 aliphatic carbocycles. The van der Waals surface area contributed by atoms with Gasteiger partial charge in [-0.1, -0.05) is 13.8 Å². The summed E-state index contributed by atoms with van der Waals surface area (Å²) >= 11 is 0. The molecule has 11 heavy (non-hydrogen) atoms. The van der Waals surface area contributed by atoms with Gasteiger partial charge in [0.2, 0.25) is 0 Å². The highest BCUT2D eigenvalue weighted by Crippen LogP contribution is 2.12. The number of aliphatic imine (C=N–C) groups is 1. The molecule has 1 heterocycles. The van der Waals surface area contributed by atoms with E-state index in [0.29, 0.717) is 18.0 Å². The molecule has 0 saturated carbocycles. The number of nitrogens with two attached hydrogens (primary N) is 1. The molecule has 2 unspecified atom stereocenters. The first-order valence-electron chi connectivity index (χ1n) is 4.36. The van der Waals surface area contributed by atoms with Crippen molar-refractivity contribution < 1.29 is 0 Å². The Morgan fingerprint density at radius 1 is 1.55 bits per heavy atom. The summed E-state index contributed by atoms with van der Waals surface area (Å²) < 4.78 is 0. The minimum Gasteiger partial charge on any atom is -0.370 e. The third-order valence-electron chi connectivity index (χ3n) is 2.19. The summed E-state index contributed by atoms with van der Waals surface area (Å²) in [7, 11) is 0. The van der Waals surface area contributed by atoms with Crippen molar-refractivity contribution >= 4 is 5.96 Å². The van der Waals surface area contributed by atoms with Gasteiger partial charge in [0.25, 0.3) is 0 Å². The van der Waals surface area contributed by atoms with E-state index in [9.17, 15) is 0 Å². The molecular formula is C8H17N3. The fourth-order valence-electron chi connectivity index (χ4n) is 1.41. The zero-order valence-electron chi connectivity index (χ0n) is 7.30. The molecule has 0 saturated heterocycles. The summed E-state index contributed by atoms with van der Waals surface area (Å²) in [6, 6.07) is 0.985. The van der Waals surface area contributed by atoms with E-state index in [1.807, 2.05) is 0 Å². The molecule has 0 radical (unpaired) electrons. The Bertz CT molecular complexity index is 153. The summed E-state index contributed by atoms with van der Waals surface area (Å²) in [5.74, 6) is 0.620. The number of hydrogen-bond acceptors (Lipinski definition) is 3. The second kappa shape index (κ2) is 3.60. The minimum atomic E-state index is 0.446. The monoisotopic (exact) mass is 155 g/mol. The van der Waals surface area contributed by atoms with Gasteiger partial charge in [0.15, 0.2) is 5.96 Å². The van der Waals surface area contributed by atoms with Gasteiger partial charge in [-0.05, 0) is 19.3 Å². The maximum Gasteiger partial charge on any atom is 0.189 e. The van der Waals surface area contributed by atoms with Gasteiger partial charge in [0.1, 0.15) is 0 Å². The number of guanidine groups is 1. The molecule has 2 atom stereocenters. The smallest absolute Gasteiger partial charge is 0.189 e. The van der Waals surface area contributed by atoms with E-state index in [1.54, 1.807) is 0 Å². The highest BCUT2D eigenvalue weighted by atomic mass is 15.1. The molecule has 0 aromatic heterocycles. The molecule has 0 aromatic rings. The van der Waals surface area contributed by atoms with Gasteiger partial charge in [0.05, 0.1) is 6.04 Å². The average Bonchev–Trinajstić information content (AvgIpc) is 2.03. The van der Waals surface area contributed by atoms with Crippen molar-refractivity contribution in [2.45, 2.75) is 45.2 Å². The zero-order valence-corrected chi connectivity index (χ0v) is 7.30. The van der Waals surface area contributed by atoms with E-state index in [-0.39, 0.29) is 0 Å². The largest absolute Gasteiger partial charge is 0.370 e. The van der Waals surface area contributed by atoms with Crippen LogP contribution in [0.1, 0.15) is 33.1 Å². The van der Waals surface area contributed by atoms with Crippen LogP contribution < -0.4 is 11.1 Å². The predicted molar refractivity (Wildman–Crippen MR) is 47.5 cm³/mol. The third-order valence-corrected chi connectivity index (χ3v) is 2.19. The normalized spacial score (nSPS) is 30.9. The Labute approximate surface area is 68.1 Å². The Kier molecular flexibility index (Phi) is 2.74. The van der Waals surface area contributed by atoms with Crippen molar-refractivity contribution in [3.8, 4) is 0 Å². The third kappa shape index (κ3) is 2.10. The van der Waals surface area contributed by atoms with Crippen molar-refractivity contribution in [1.82, 2.24) is 5.32 Å². The van der Waals surface area contributed by atoms with E-state index in [0.717, 1.165) is 19.3 Å². The summed E-state index contributed by atoms with van der Waals surface area (Å²) in [5, 5.41) is 3.16. The standard InChI is InChI=1S/C8H17N3/c1-3-6-5-7(4-2)11-8(9)10-6/h6-7H,3-5H2,1-2H3,(H3,9,10,11). The van der Waals surface area contributed by atoms with Crippen LogP contribution in [0.25, 0.3) is 0 Å². The molecule has 0 spiro atoms. The number of nitrogens with zero attached hydrogens (tertiary/aromatic N) is 1. The van der Waals surface area contributed by atoms with E-state index in [1.165, 1.54) is 0 Å². The van der Waals surface area contributed by atoms with Crippen molar-refractivity contribution in [3.63, 3.8) is 0 Å². The fraction of sp³-hybridized carbons (Fsp3) is 0.875. The van der Waals surface area contributed by atoms with Gasteiger partial charge in [0, 0.05) is 6.04 Å². The van der Waals surface area contributed by atoms with Gasteiger partial charge in [-0.25, -0.2) is 0 Å². The molecule has 3 N–H and O–H groups in total. The lowest BCUT2D eigenvalue weighted by atomic mass is 10.0. The van der Waals surface area contributed by atoms with E-state index >= 15 is 0 Å². The molecule has 0 fully saturated rings. The van der Waals surface area contributed by atoms with Gasteiger partial charge in [-0.15, -0.1) is 0 Å². The van der Waals surface area contributed by atoms with Crippen LogP contribution in [-0.2, 0) is 0 Å². The molecule has 1 rings (SSSR count). The molecule has 0 amide bonds. The second-order valence-electron chi connectivity index (χ2n) is 3.06. The lowest BCUT2D eigenvalue weighted by molar-refractivity contribution is 0.444. The number of nitrogens with one attached hydrogen (secondary N) is 1. The van der Waals surface area contributed by atoms with E-state index in [4.69, 9.17) is 5.73 Å². The van der Waals surface area contributed by atoms with Crippen LogP contribution in [0.5, 0.6) is 0 Å². The van der Waals surface area contributed by atoms with Crippen LogP contribution in [0, 0.1) is 0 Å². The Morgan fingerprint density at radius 3 is 2.82 bits per heavy atom. The van der Waals surface area contributed by atoms with Gasteiger partial charge in [-0.3, -0.25) is 4.99 Å². The predicted octanol–water partition coefficient (Wildman–Crippen LogP) is 0.852. The maximum absolute atomic E-state index is 5.61. The first kappa shape index (κ1) is 8.37. The zero-order chi connectivity index (χ0) is 8.27. The van der Waals surface area contributed by atoms with Crippen molar-refractivity contribution in [3.05, 3.63) is 0 Å². The highest BCUT2D eigenvalue weighted by molar-refractivity contribution is 5.78. The number of hydrogen-bond donors (Lipinski definition) is 2. The first-order chi connectivity index (χ1) is 5.26. The SMILES string of the molecule is CCC1CC(CC)NC(N)=N1. The van der Waals surface area contributed by atoms with Crippen LogP contribution in [0.2, 0.25) is 0 Å². The molecule has 64 valence electrons. The van der Waals surface area contributed by atoms with Crippen molar-refractivity contribution in [1.29, 1.82) is 0 Å². The molecule has 3 nitrogen and oxygen atoms in total. The molecule has 3 heteroatoms. The number of rotatable bonds is 2. The summed E-state index contributed by atoms with van der Waals surface area (Å²) in [4.78, 5) is 4.28. The molecular weight excluding hydrogens is 138 g/mol. The van der Waals surface area contributed by atoms with Crippen LogP contribution in [-0.4, -0.2) is 18.0 Å². The Balaban J connectivity index is 2.53. The molecule has 1 aliphatic rings. The lowest BCUT2D eigenvalue weighted by Gasteiger charge is -2.26. The fourth-order valence-corrected chi connectivity index (χ4v) is 1.41. The second-order valence-corrected chi connectivity index (χ2v) is 3.06. The Morgan fingerprint density at radius 2 is 2.27 bits per heavy atom. The summed E-state index contributed by atoms with van der Waals surface area (Å²) in [6.45, 7) is 4.32. The van der Waals surface area contributed by atoms with Crippen LogP contribution in [0.3, 0.4) is 0 Å². The van der Waals surface area contributed by atoms with Crippen LogP contribution in [0.15, 0.2) is 4.99 Å². The van der Waals surface area contributed by atoms with Crippen LogP contribution >= 0.6 is 0 Å². The lowest BCUT2D eigenvalue weighted by Crippen LogP contribution is -2.45. The van der Waals surface area contributed by atoms with Gasteiger partial charge >= 0.3 is 0 Å². The summed E-state index contributed by atoms with van der Waals surface area (Å²) in [5.41, 5.74) is 5.61. The summed E-state index contributed by atoms with van der Waals surface area (Å²) in [6.07, 6.45) is 3.36. The molecule has 0 bridgehead atoms. The van der Waals surface area contributed by atoms with Gasteiger partial charge in [-0.2, -0.15) is 0 Å². The van der Waals surface area contributed by atoms with E-state index in [2.05, 4.69) is 24.2 Å². The maximum atomic E-state index is 5.61. The molecule has 0 aromatic carbocycles. The first-order valence-corrected chi connectivity index (χ1v) is 4.36. The topological polar surface area (TPSA) is 50.4 Å². The van der Waals surface area contributed by atoms with Crippen LogP contribution in [0.4, 0.5) is 0 Å². The molecule has 1 aliphatic heterocycles. The van der Waals surface area contributed by atoms with Crippen molar-refractivity contribution in [2.75, 3.05) is 0 Å². The van der Waals surface area contributed by atoms with Gasteiger partial charge < -0.3 is 11.1 Å².